The van der Waals surface area contributed by atoms with Crippen molar-refractivity contribution < 1.29 is 23.9 Å². The number of para-hydroxylation sites is 2. The van der Waals surface area contributed by atoms with Crippen molar-refractivity contribution in [1.82, 2.24) is 14.8 Å². The third-order valence-corrected chi connectivity index (χ3v) is 6.32. The molecule has 3 aromatic rings. The van der Waals surface area contributed by atoms with Crippen LogP contribution in [0.5, 0.6) is 5.75 Å². The van der Waals surface area contributed by atoms with Crippen LogP contribution in [0.3, 0.4) is 0 Å². The molecule has 0 fully saturated rings. The van der Waals surface area contributed by atoms with Gasteiger partial charge in [-0.25, -0.2) is 4.79 Å². The van der Waals surface area contributed by atoms with E-state index in [2.05, 4.69) is 20.3 Å². The molecule has 2 aromatic carbocycles. The lowest BCUT2D eigenvalue weighted by atomic mass is 10.1. The number of thioether (sulfide) groups is 1. The minimum absolute atomic E-state index is 0.0401. The number of benzene rings is 2. The summed E-state index contributed by atoms with van der Waals surface area (Å²) in [6.45, 7) is 1.84. The van der Waals surface area contributed by atoms with Gasteiger partial charge < -0.3 is 19.4 Å². The molecule has 1 atom stereocenters. The monoisotopic (exact) mass is 481 g/mol. The second kappa shape index (κ2) is 9.96. The van der Waals surface area contributed by atoms with Crippen molar-refractivity contribution in [1.29, 1.82) is 0 Å². The fourth-order valence-electron chi connectivity index (χ4n) is 3.61. The number of hydrogen-bond donors (Lipinski definition) is 1. The van der Waals surface area contributed by atoms with E-state index in [9.17, 15) is 14.4 Å². The van der Waals surface area contributed by atoms with Crippen molar-refractivity contribution in [2.75, 3.05) is 29.7 Å². The zero-order valence-corrected chi connectivity index (χ0v) is 19.7. The van der Waals surface area contributed by atoms with Gasteiger partial charge in [-0.05, 0) is 43.3 Å². The predicted molar refractivity (Wildman–Crippen MR) is 126 cm³/mol. The summed E-state index contributed by atoms with van der Waals surface area (Å²) < 4.78 is 12.0. The highest BCUT2D eigenvalue weighted by molar-refractivity contribution is 7.99. The van der Waals surface area contributed by atoms with Gasteiger partial charge in [0.05, 0.1) is 30.2 Å². The summed E-state index contributed by atoms with van der Waals surface area (Å²) in [4.78, 5) is 38.2. The standard InChI is InChI=1S/C23H23N5O5S/c1-14(28-17-6-4-5-7-18(17)33-12-20(28)30)21-25-26-23(27(21)2)34-13-19(29)24-16-10-8-15(9-11-16)22(31)32-3/h4-11,14H,12-13H2,1-3H3,(H,24,29)/t14-/m1/s1. The van der Waals surface area contributed by atoms with Crippen LogP contribution in [0, 0.1) is 0 Å². The average molecular weight is 482 g/mol. The lowest BCUT2D eigenvalue weighted by molar-refractivity contribution is -0.121. The molecular formula is C23H23N5O5S. The van der Waals surface area contributed by atoms with E-state index < -0.39 is 5.97 Å². The van der Waals surface area contributed by atoms with Gasteiger partial charge in [-0.3, -0.25) is 14.5 Å². The van der Waals surface area contributed by atoms with E-state index in [0.717, 1.165) is 0 Å². The van der Waals surface area contributed by atoms with Crippen LogP contribution in [-0.2, 0) is 21.4 Å². The fourth-order valence-corrected chi connectivity index (χ4v) is 4.33. The molecule has 2 amide bonds. The van der Waals surface area contributed by atoms with Crippen molar-refractivity contribution in [3.05, 3.63) is 59.9 Å². The number of hydrogen-bond acceptors (Lipinski definition) is 8. The van der Waals surface area contributed by atoms with Crippen LogP contribution in [0.15, 0.2) is 53.7 Å². The first kappa shape index (κ1) is 23.3. The molecule has 1 aliphatic heterocycles. The Morgan fingerprint density at radius 2 is 1.91 bits per heavy atom. The average Bonchev–Trinajstić information content (AvgIpc) is 3.22. The van der Waals surface area contributed by atoms with E-state index in [0.29, 0.717) is 33.7 Å². The second-order valence-electron chi connectivity index (χ2n) is 7.50. The van der Waals surface area contributed by atoms with Crippen molar-refractivity contribution in [2.24, 2.45) is 7.05 Å². The van der Waals surface area contributed by atoms with Gasteiger partial charge in [0, 0.05) is 12.7 Å². The Morgan fingerprint density at radius 3 is 2.65 bits per heavy atom. The Labute approximate surface area is 200 Å². The van der Waals surface area contributed by atoms with E-state index in [1.807, 2.05) is 31.2 Å². The minimum atomic E-state index is -0.442. The Bertz CT molecular complexity index is 1230. The normalized spacial score (nSPS) is 13.6. The topological polar surface area (TPSA) is 116 Å². The van der Waals surface area contributed by atoms with Gasteiger partial charge >= 0.3 is 5.97 Å². The van der Waals surface area contributed by atoms with Crippen LogP contribution in [0.4, 0.5) is 11.4 Å². The van der Waals surface area contributed by atoms with Crippen LogP contribution < -0.4 is 15.0 Å². The van der Waals surface area contributed by atoms with E-state index in [4.69, 9.17) is 4.74 Å². The number of fused-ring (bicyclic) bond motifs is 1. The summed E-state index contributed by atoms with van der Waals surface area (Å²) in [7, 11) is 3.11. The third-order valence-electron chi connectivity index (χ3n) is 5.30. The highest BCUT2D eigenvalue weighted by Gasteiger charge is 2.32. The number of amides is 2. The third kappa shape index (κ3) is 4.74. The van der Waals surface area contributed by atoms with Crippen LogP contribution in [0.2, 0.25) is 0 Å². The summed E-state index contributed by atoms with van der Waals surface area (Å²) in [5.41, 5.74) is 1.65. The number of ether oxygens (including phenoxy) is 2. The first-order valence-corrected chi connectivity index (χ1v) is 11.4. The molecule has 176 valence electrons. The smallest absolute Gasteiger partial charge is 0.337 e. The first-order valence-electron chi connectivity index (χ1n) is 10.4. The minimum Gasteiger partial charge on any atom is -0.482 e. The van der Waals surface area contributed by atoms with Crippen molar-refractivity contribution in [3.63, 3.8) is 0 Å². The maximum atomic E-state index is 12.6. The molecule has 1 aromatic heterocycles. The Morgan fingerprint density at radius 1 is 1.18 bits per heavy atom. The van der Waals surface area contributed by atoms with Crippen molar-refractivity contribution in [3.8, 4) is 5.75 Å². The largest absolute Gasteiger partial charge is 0.482 e. The number of nitrogens with zero attached hydrogens (tertiary/aromatic N) is 4. The lowest BCUT2D eigenvalue weighted by Gasteiger charge is -2.33. The quantitative estimate of drug-likeness (QED) is 0.405. The molecule has 0 saturated carbocycles. The van der Waals surface area contributed by atoms with E-state index >= 15 is 0 Å². The Hall–Kier alpha value is -3.86. The molecule has 1 aliphatic rings. The van der Waals surface area contributed by atoms with Gasteiger partial charge in [0.2, 0.25) is 5.91 Å². The number of nitrogens with one attached hydrogen (secondary N) is 1. The molecule has 0 unspecified atom stereocenters. The van der Waals surface area contributed by atoms with Crippen molar-refractivity contribution >= 4 is 40.9 Å². The SMILES string of the molecule is COC(=O)c1ccc(NC(=O)CSc2nnc([C@@H](C)N3C(=O)COc4ccccc43)n2C)cc1. The van der Waals surface area contributed by atoms with Gasteiger partial charge in [0.25, 0.3) is 5.91 Å². The zero-order valence-electron chi connectivity index (χ0n) is 18.8. The summed E-state index contributed by atoms with van der Waals surface area (Å²) >= 11 is 1.23. The second-order valence-corrected chi connectivity index (χ2v) is 8.44. The Balaban J connectivity index is 1.40. The lowest BCUT2D eigenvalue weighted by Crippen LogP contribution is -2.41. The predicted octanol–water partition coefficient (Wildman–Crippen LogP) is 2.82. The van der Waals surface area contributed by atoms with E-state index in [1.165, 1.54) is 18.9 Å². The van der Waals surface area contributed by atoms with Crippen LogP contribution >= 0.6 is 11.8 Å². The molecular weight excluding hydrogens is 458 g/mol. The van der Waals surface area contributed by atoms with E-state index in [1.54, 1.807) is 40.8 Å². The number of anilines is 2. The fraction of sp³-hybridized carbons (Fsp3) is 0.261. The first-order chi connectivity index (χ1) is 16.4. The molecule has 0 spiro atoms. The van der Waals surface area contributed by atoms with Gasteiger partial charge in [0.1, 0.15) is 5.75 Å². The van der Waals surface area contributed by atoms with Gasteiger partial charge in [-0.2, -0.15) is 0 Å². The number of rotatable bonds is 7. The molecule has 0 saturated heterocycles. The maximum Gasteiger partial charge on any atom is 0.337 e. The maximum absolute atomic E-state index is 12.6. The molecule has 1 N–H and O–H groups in total. The number of carbonyl (C=O) groups is 3. The van der Waals surface area contributed by atoms with E-state index in [-0.39, 0.29) is 30.2 Å². The summed E-state index contributed by atoms with van der Waals surface area (Å²) in [6.07, 6.45) is 0. The molecule has 34 heavy (non-hydrogen) atoms. The summed E-state index contributed by atoms with van der Waals surface area (Å²) in [5, 5.41) is 11.8. The Kier molecular flexibility index (Phi) is 6.82. The van der Waals surface area contributed by atoms with Crippen LogP contribution in [-0.4, -0.2) is 52.0 Å². The molecule has 10 nitrogen and oxygen atoms in total. The van der Waals surface area contributed by atoms with Crippen LogP contribution in [0.25, 0.3) is 0 Å². The molecule has 2 heterocycles. The van der Waals surface area contributed by atoms with Gasteiger partial charge in [-0.1, -0.05) is 23.9 Å². The number of carbonyl (C=O) groups excluding carboxylic acids is 3. The number of esters is 1. The van der Waals surface area contributed by atoms with Gasteiger partial charge in [-0.15, -0.1) is 10.2 Å². The highest BCUT2D eigenvalue weighted by atomic mass is 32.2. The molecule has 0 radical (unpaired) electrons. The molecule has 0 bridgehead atoms. The van der Waals surface area contributed by atoms with Gasteiger partial charge in [0.15, 0.2) is 17.6 Å². The van der Waals surface area contributed by atoms with Crippen molar-refractivity contribution in [2.45, 2.75) is 18.1 Å². The molecule has 11 heteroatoms. The molecule has 4 rings (SSSR count). The summed E-state index contributed by atoms with van der Waals surface area (Å²) in [6, 6.07) is 13.4. The zero-order chi connectivity index (χ0) is 24.2. The summed E-state index contributed by atoms with van der Waals surface area (Å²) in [5.74, 6) is 0.501. The number of aromatic nitrogens is 3. The number of methoxy groups -OCH3 is 1. The highest BCUT2D eigenvalue weighted by Crippen LogP contribution is 2.37. The molecule has 0 aliphatic carbocycles. The van der Waals surface area contributed by atoms with Crippen LogP contribution in [0.1, 0.15) is 29.1 Å².